The highest BCUT2D eigenvalue weighted by atomic mass is 16.1. The summed E-state index contributed by atoms with van der Waals surface area (Å²) < 4.78 is 0. The summed E-state index contributed by atoms with van der Waals surface area (Å²) in [6.07, 6.45) is 6.65. The third-order valence-electron chi connectivity index (χ3n) is 4.80. The molecule has 0 aliphatic carbocycles. The number of carbonyl (C=O) groups excluding carboxylic acids is 1. The molecule has 0 spiro atoms. The van der Waals surface area contributed by atoms with E-state index in [-0.39, 0.29) is 5.91 Å². The van der Waals surface area contributed by atoms with Gasteiger partial charge in [-0.05, 0) is 55.3 Å². The Bertz CT molecular complexity index is 1140. The second-order valence-corrected chi connectivity index (χ2v) is 7.34. The lowest BCUT2D eigenvalue weighted by molar-refractivity contribution is 0.0951. The molecule has 0 atom stereocenters. The Kier molecular flexibility index (Phi) is 5.66. The number of nitrogen functional groups attached to an aromatic ring is 1. The maximum Gasteiger partial charge on any atom is 0.251 e. The molecular weight excluding hydrogens is 388 g/mol. The second kappa shape index (κ2) is 8.71. The molecule has 4 aromatic rings. The molecule has 0 saturated carbocycles. The molecule has 31 heavy (non-hydrogen) atoms. The lowest BCUT2D eigenvalue weighted by atomic mass is 10.0. The molecule has 1 aromatic carbocycles. The number of aryl methyl sites for hydroxylation is 2. The number of rotatable bonds is 5. The van der Waals surface area contributed by atoms with E-state index in [9.17, 15) is 4.79 Å². The SMILES string of the molecule is Cc1ccc(-c2cc(C(=O)NCc3ccc(C)nc3)cc(-c3cnc(N)cn3)c2)nc1. The minimum Gasteiger partial charge on any atom is -0.382 e. The largest absolute Gasteiger partial charge is 0.382 e. The molecule has 0 saturated heterocycles. The van der Waals surface area contributed by atoms with Crippen molar-refractivity contribution >= 4 is 11.7 Å². The first kappa shape index (κ1) is 20.2. The molecule has 0 aliphatic rings. The van der Waals surface area contributed by atoms with Crippen LogP contribution in [0.4, 0.5) is 5.82 Å². The highest BCUT2D eigenvalue weighted by molar-refractivity contribution is 5.97. The van der Waals surface area contributed by atoms with Gasteiger partial charge in [0.15, 0.2) is 0 Å². The first-order chi connectivity index (χ1) is 15.0. The van der Waals surface area contributed by atoms with E-state index in [0.717, 1.165) is 33.6 Å². The Morgan fingerprint density at radius 2 is 1.61 bits per heavy atom. The molecule has 154 valence electrons. The van der Waals surface area contributed by atoms with Crippen LogP contribution in [0.2, 0.25) is 0 Å². The quantitative estimate of drug-likeness (QED) is 0.519. The van der Waals surface area contributed by atoms with Crippen molar-refractivity contribution in [1.29, 1.82) is 0 Å². The minimum atomic E-state index is -0.195. The summed E-state index contributed by atoms with van der Waals surface area (Å²) in [5.41, 5.74) is 12.1. The summed E-state index contributed by atoms with van der Waals surface area (Å²) >= 11 is 0. The van der Waals surface area contributed by atoms with Crippen molar-refractivity contribution in [2.75, 3.05) is 5.73 Å². The van der Waals surface area contributed by atoms with E-state index in [1.54, 1.807) is 24.7 Å². The summed E-state index contributed by atoms with van der Waals surface area (Å²) in [6, 6.07) is 13.4. The van der Waals surface area contributed by atoms with E-state index in [4.69, 9.17) is 5.73 Å². The van der Waals surface area contributed by atoms with Crippen LogP contribution in [-0.4, -0.2) is 25.8 Å². The topological polar surface area (TPSA) is 107 Å². The molecule has 0 aliphatic heterocycles. The average Bonchev–Trinajstić information content (AvgIpc) is 2.79. The van der Waals surface area contributed by atoms with Crippen LogP contribution >= 0.6 is 0 Å². The van der Waals surface area contributed by atoms with Crippen LogP contribution in [0.15, 0.2) is 67.3 Å². The Morgan fingerprint density at radius 3 is 2.26 bits per heavy atom. The Balaban J connectivity index is 1.68. The predicted octanol–water partition coefficient (Wildman–Crippen LogP) is 3.73. The number of nitrogens with two attached hydrogens (primary N) is 1. The number of carbonyl (C=O) groups is 1. The van der Waals surface area contributed by atoms with E-state index in [0.29, 0.717) is 23.6 Å². The summed E-state index contributed by atoms with van der Waals surface area (Å²) in [4.78, 5) is 30.2. The van der Waals surface area contributed by atoms with Crippen LogP contribution in [0.3, 0.4) is 0 Å². The van der Waals surface area contributed by atoms with E-state index in [1.807, 2.05) is 50.2 Å². The molecule has 3 N–H and O–H groups in total. The summed E-state index contributed by atoms with van der Waals surface area (Å²) in [5.74, 6) is 0.143. The van der Waals surface area contributed by atoms with E-state index in [1.165, 1.54) is 6.20 Å². The first-order valence-corrected chi connectivity index (χ1v) is 9.84. The van der Waals surface area contributed by atoms with Gasteiger partial charge in [-0.15, -0.1) is 0 Å². The summed E-state index contributed by atoms with van der Waals surface area (Å²) in [6.45, 7) is 4.29. The van der Waals surface area contributed by atoms with E-state index < -0.39 is 0 Å². The summed E-state index contributed by atoms with van der Waals surface area (Å²) in [5, 5.41) is 2.95. The Hall–Kier alpha value is -4.13. The minimum absolute atomic E-state index is 0.195. The van der Waals surface area contributed by atoms with Crippen LogP contribution in [-0.2, 0) is 6.54 Å². The number of pyridine rings is 2. The maximum atomic E-state index is 13.0. The van der Waals surface area contributed by atoms with Crippen LogP contribution in [0.25, 0.3) is 22.5 Å². The van der Waals surface area contributed by atoms with Gasteiger partial charge in [0.25, 0.3) is 5.91 Å². The number of amides is 1. The van der Waals surface area contributed by atoms with Crippen molar-refractivity contribution in [3.63, 3.8) is 0 Å². The van der Waals surface area contributed by atoms with Crippen molar-refractivity contribution in [1.82, 2.24) is 25.3 Å². The molecule has 1 amide bonds. The van der Waals surface area contributed by atoms with E-state index >= 15 is 0 Å². The number of hydrogen-bond acceptors (Lipinski definition) is 6. The fourth-order valence-electron chi connectivity index (χ4n) is 3.07. The monoisotopic (exact) mass is 410 g/mol. The molecule has 0 radical (unpaired) electrons. The third-order valence-corrected chi connectivity index (χ3v) is 4.80. The van der Waals surface area contributed by atoms with Gasteiger partial charge >= 0.3 is 0 Å². The number of hydrogen-bond donors (Lipinski definition) is 2. The van der Waals surface area contributed by atoms with Crippen molar-refractivity contribution in [2.45, 2.75) is 20.4 Å². The average molecular weight is 410 g/mol. The fourth-order valence-corrected chi connectivity index (χ4v) is 3.07. The second-order valence-electron chi connectivity index (χ2n) is 7.34. The Labute approximate surface area is 180 Å². The van der Waals surface area contributed by atoms with Gasteiger partial charge in [-0.3, -0.25) is 19.7 Å². The molecule has 0 fully saturated rings. The number of anilines is 1. The Morgan fingerprint density at radius 1 is 0.839 bits per heavy atom. The molecule has 7 nitrogen and oxygen atoms in total. The van der Waals surface area contributed by atoms with Crippen molar-refractivity contribution in [3.8, 4) is 22.5 Å². The zero-order valence-electron chi connectivity index (χ0n) is 17.3. The van der Waals surface area contributed by atoms with Gasteiger partial charge in [0.2, 0.25) is 0 Å². The standard InChI is InChI=1S/C24H22N6O/c1-15-3-6-21(27-10-15)18-7-19(22-13-29-23(25)14-28-22)9-20(8-18)24(31)30-12-17-5-4-16(2)26-11-17/h3-11,13-14H,12H2,1-2H3,(H2,25,29)(H,30,31). The van der Waals surface area contributed by atoms with Gasteiger partial charge in [0.05, 0.1) is 23.8 Å². The highest BCUT2D eigenvalue weighted by Gasteiger charge is 2.13. The lowest BCUT2D eigenvalue weighted by Gasteiger charge is -2.11. The summed E-state index contributed by atoms with van der Waals surface area (Å²) in [7, 11) is 0. The molecule has 4 rings (SSSR count). The van der Waals surface area contributed by atoms with Crippen molar-refractivity contribution in [2.24, 2.45) is 0 Å². The van der Waals surface area contributed by atoms with Gasteiger partial charge in [-0.1, -0.05) is 12.1 Å². The molecule has 7 heteroatoms. The third kappa shape index (κ3) is 4.90. The van der Waals surface area contributed by atoms with E-state index in [2.05, 4.69) is 25.3 Å². The number of nitrogens with one attached hydrogen (secondary N) is 1. The van der Waals surface area contributed by atoms with Crippen LogP contribution in [0, 0.1) is 13.8 Å². The molecule has 0 bridgehead atoms. The van der Waals surface area contributed by atoms with Gasteiger partial charge in [-0.25, -0.2) is 4.98 Å². The van der Waals surface area contributed by atoms with Crippen molar-refractivity contribution in [3.05, 3.63) is 89.6 Å². The molecular formula is C24H22N6O. The van der Waals surface area contributed by atoms with Gasteiger partial charge in [0, 0.05) is 41.3 Å². The van der Waals surface area contributed by atoms with Crippen molar-refractivity contribution < 1.29 is 4.79 Å². The lowest BCUT2D eigenvalue weighted by Crippen LogP contribution is -2.23. The maximum absolute atomic E-state index is 13.0. The highest BCUT2D eigenvalue weighted by Crippen LogP contribution is 2.26. The van der Waals surface area contributed by atoms with Gasteiger partial charge < -0.3 is 11.1 Å². The smallest absolute Gasteiger partial charge is 0.251 e. The van der Waals surface area contributed by atoms with Gasteiger partial charge in [0.1, 0.15) is 5.82 Å². The van der Waals surface area contributed by atoms with Crippen LogP contribution in [0.1, 0.15) is 27.2 Å². The number of benzene rings is 1. The van der Waals surface area contributed by atoms with Gasteiger partial charge in [-0.2, -0.15) is 0 Å². The normalized spacial score (nSPS) is 10.6. The molecule has 0 unspecified atom stereocenters. The van der Waals surface area contributed by atoms with Crippen LogP contribution in [0.5, 0.6) is 0 Å². The van der Waals surface area contributed by atoms with Crippen LogP contribution < -0.4 is 11.1 Å². The molecule has 3 heterocycles. The fraction of sp³-hybridized carbons (Fsp3) is 0.125. The zero-order chi connectivity index (χ0) is 21.8. The first-order valence-electron chi connectivity index (χ1n) is 9.84. The molecule has 3 aromatic heterocycles. The number of nitrogens with zero attached hydrogens (tertiary/aromatic N) is 4. The number of aromatic nitrogens is 4. The zero-order valence-corrected chi connectivity index (χ0v) is 17.3. The predicted molar refractivity (Wildman–Crippen MR) is 120 cm³/mol.